The van der Waals surface area contributed by atoms with Gasteiger partial charge >= 0.3 is 0 Å². The van der Waals surface area contributed by atoms with Gasteiger partial charge in [0.1, 0.15) is 0 Å². The van der Waals surface area contributed by atoms with Crippen molar-refractivity contribution in [2.45, 2.75) is 27.2 Å². The summed E-state index contributed by atoms with van der Waals surface area (Å²) in [6, 6.07) is 7.34. The molecule has 0 unspecified atom stereocenters. The van der Waals surface area contributed by atoms with Crippen molar-refractivity contribution in [3.05, 3.63) is 34.3 Å². The van der Waals surface area contributed by atoms with Crippen LogP contribution in [0.5, 0.6) is 0 Å². The van der Waals surface area contributed by atoms with E-state index in [1.807, 2.05) is 6.92 Å². The van der Waals surface area contributed by atoms with Gasteiger partial charge < -0.3 is 4.90 Å². The number of rotatable bonds is 5. The van der Waals surface area contributed by atoms with Crippen LogP contribution in [0, 0.1) is 24.2 Å². The van der Waals surface area contributed by atoms with Gasteiger partial charge in [0, 0.05) is 23.7 Å². The van der Waals surface area contributed by atoms with Crippen LogP contribution in [0.25, 0.3) is 0 Å². The van der Waals surface area contributed by atoms with Crippen molar-refractivity contribution < 1.29 is 4.79 Å². The van der Waals surface area contributed by atoms with Gasteiger partial charge in [-0.1, -0.05) is 25.4 Å². The molecule has 0 heterocycles. The van der Waals surface area contributed by atoms with Crippen molar-refractivity contribution in [1.82, 2.24) is 4.90 Å². The topological polar surface area (TPSA) is 44.1 Å². The zero-order chi connectivity index (χ0) is 14.4. The lowest BCUT2D eigenvalue weighted by atomic mass is 10.1. The molecule has 19 heavy (non-hydrogen) atoms. The molecule has 4 heteroatoms. The van der Waals surface area contributed by atoms with E-state index >= 15 is 0 Å². The van der Waals surface area contributed by atoms with Gasteiger partial charge in [0.2, 0.25) is 0 Å². The molecule has 0 aliphatic heterocycles. The van der Waals surface area contributed by atoms with Crippen LogP contribution in [0.2, 0.25) is 5.02 Å². The molecule has 1 aromatic rings. The highest BCUT2D eigenvalue weighted by Gasteiger charge is 2.18. The quantitative estimate of drug-likeness (QED) is 0.825. The second kappa shape index (κ2) is 7.16. The van der Waals surface area contributed by atoms with Gasteiger partial charge in [-0.05, 0) is 36.6 Å². The molecule has 0 bridgehead atoms. The number of carbonyl (C=O) groups excluding carboxylic acids is 1. The van der Waals surface area contributed by atoms with Crippen molar-refractivity contribution in [3.8, 4) is 6.07 Å². The van der Waals surface area contributed by atoms with Gasteiger partial charge in [-0.3, -0.25) is 4.79 Å². The average Bonchev–Trinajstić information content (AvgIpc) is 2.33. The third kappa shape index (κ3) is 4.57. The summed E-state index contributed by atoms with van der Waals surface area (Å²) < 4.78 is 0. The van der Waals surface area contributed by atoms with Crippen LogP contribution in [-0.2, 0) is 0 Å². The van der Waals surface area contributed by atoms with Crippen LogP contribution in [0.15, 0.2) is 18.2 Å². The number of nitriles is 1. The Morgan fingerprint density at radius 3 is 2.68 bits per heavy atom. The van der Waals surface area contributed by atoms with E-state index in [-0.39, 0.29) is 5.91 Å². The summed E-state index contributed by atoms with van der Waals surface area (Å²) in [5.41, 5.74) is 1.52. The normalized spacial score (nSPS) is 10.3. The molecule has 1 rings (SSSR count). The molecule has 0 radical (unpaired) electrons. The van der Waals surface area contributed by atoms with E-state index in [0.717, 1.165) is 5.56 Å². The molecular weight excluding hydrogens is 260 g/mol. The van der Waals surface area contributed by atoms with Crippen LogP contribution in [0.3, 0.4) is 0 Å². The number of halogens is 1. The van der Waals surface area contributed by atoms with E-state index in [9.17, 15) is 4.79 Å². The first-order chi connectivity index (χ1) is 8.95. The van der Waals surface area contributed by atoms with Gasteiger partial charge in [0.25, 0.3) is 5.91 Å². The molecule has 0 spiro atoms. The maximum Gasteiger partial charge on any atom is 0.254 e. The largest absolute Gasteiger partial charge is 0.337 e. The van der Waals surface area contributed by atoms with Crippen molar-refractivity contribution in [3.63, 3.8) is 0 Å². The SMILES string of the molecule is Cc1cc(Cl)ccc1C(=O)N(CCC#N)CC(C)C. The molecule has 0 atom stereocenters. The molecule has 0 saturated carbocycles. The summed E-state index contributed by atoms with van der Waals surface area (Å²) in [4.78, 5) is 14.2. The Kier molecular flexibility index (Phi) is 5.85. The first kappa shape index (κ1) is 15.5. The Bertz CT molecular complexity index is 491. The lowest BCUT2D eigenvalue weighted by molar-refractivity contribution is 0.0739. The van der Waals surface area contributed by atoms with Crippen LogP contribution in [0.4, 0.5) is 0 Å². The van der Waals surface area contributed by atoms with E-state index in [4.69, 9.17) is 16.9 Å². The highest BCUT2D eigenvalue weighted by molar-refractivity contribution is 6.30. The van der Waals surface area contributed by atoms with Crippen LogP contribution in [-0.4, -0.2) is 23.9 Å². The Hall–Kier alpha value is -1.53. The summed E-state index contributed by atoms with van der Waals surface area (Å²) in [5, 5.41) is 9.31. The summed E-state index contributed by atoms with van der Waals surface area (Å²) >= 11 is 5.90. The fourth-order valence-corrected chi connectivity index (χ4v) is 2.17. The summed E-state index contributed by atoms with van der Waals surface area (Å²) in [5.74, 6) is 0.341. The minimum atomic E-state index is -0.0295. The maximum absolute atomic E-state index is 12.5. The highest BCUT2D eigenvalue weighted by atomic mass is 35.5. The van der Waals surface area contributed by atoms with E-state index < -0.39 is 0 Å². The summed E-state index contributed by atoms with van der Waals surface area (Å²) in [6.45, 7) is 7.11. The molecule has 102 valence electrons. The zero-order valence-electron chi connectivity index (χ0n) is 11.6. The van der Waals surface area contributed by atoms with E-state index in [0.29, 0.717) is 36.0 Å². The van der Waals surface area contributed by atoms with Gasteiger partial charge in [0.15, 0.2) is 0 Å². The predicted octanol–water partition coefficient (Wildman–Crippen LogP) is 3.66. The maximum atomic E-state index is 12.5. The molecule has 1 amide bonds. The fourth-order valence-electron chi connectivity index (χ4n) is 1.94. The monoisotopic (exact) mass is 278 g/mol. The van der Waals surface area contributed by atoms with Crippen molar-refractivity contribution in [2.75, 3.05) is 13.1 Å². The van der Waals surface area contributed by atoms with E-state index in [1.54, 1.807) is 23.1 Å². The zero-order valence-corrected chi connectivity index (χ0v) is 12.4. The molecule has 0 aliphatic carbocycles. The first-order valence-electron chi connectivity index (χ1n) is 6.38. The second-order valence-corrected chi connectivity index (χ2v) is 5.45. The molecule has 0 aliphatic rings. The Morgan fingerprint density at radius 1 is 1.47 bits per heavy atom. The van der Waals surface area contributed by atoms with Gasteiger partial charge in [-0.2, -0.15) is 5.26 Å². The predicted molar refractivity (Wildman–Crippen MR) is 77.2 cm³/mol. The summed E-state index contributed by atoms with van der Waals surface area (Å²) in [6.07, 6.45) is 0.352. The lowest BCUT2D eigenvalue weighted by Gasteiger charge is -2.24. The van der Waals surface area contributed by atoms with Crippen LogP contribution >= 0.6 is 11.6 Å². The molecule has 0 aromatic heterocycles. The number of hydrogen-bond acceptors (Lipinski definition) is 2. The van der Waals surface area contributed by atoms with E-state index in [1.165, 1.54) is 0 Å². The van der Waals surface area contributed by atoms with Gasteiger partial charge in [-0.15, -0.1) is 0 Å². The Balaban J connectivity index is 2.94. The molecule has 0 saturated heterocycles. The standard InChI is InChI=1S/C15H19ClN2O/c1-11(2)10-18(8-4-7-17)15(19)14-6-5-13(16)9-12(14)3/h5-6,9,11H,4,8,10H2,1-3H3. The van der Waals surface area contributed by atoms with Gasteiger partial charge in [0.05, 0.1) is 12.5 Å². The minimum absolute atomic E-state index is 0.0295. The van der Waals surface area contributed by atoms with E-state index in [2.05, 4.69) is 19.9 Å². The first-order valence-corrected chi connectivity index (χ1v) is 6.76. The Morgan fingerprint density at radius 2 is 2.16 bits per heavy atom. The number of hydrogen-bond donors (Lipinski definition) is 0. The fraction of sp³-hybridized carbons (Fsp3) is 0.467. The third-order valence-electron chi connectivity index (χ3n) is 2.79. The summed E-state index contributed by atoms with van der Waals surface area (Å²) in [7, 11) is 0. The van der Waals surface area contributed by atoms with Crippen molar-refractivity contribution in [2.24, 2.45) is 5.92 Å². The number of carbonyl (C=O) groups is 1. The molecule has 0 N–H and O–H groups in total. The highest BCUT2D eigenvalue weighted by Crippen LogP contribution is 2.17. The molecular formula is C15H19ClN2O. The average molecular weight is 279 g/mol. The minimum Gasteiger partial charge on any atom is -0.337 e. The number of nitrogens with zero attached hydrogens (tertiary/aromatic N) is 2. The Labute approximate surface area is 119 Å². The van der Waals surface area contributed by atoms with Gasteiger partial charge in [-0.25, -0.2) is 0 Å². The number of aryl methyl sites for hydroxylation is 1. The van der Waals surface area contributed by atoms with Crippen molar-refractivity contribution >= 4 is 17.5 Å². The second-order valence-electron chi connectivity index (χ2n) is 5.01. The van der Waals surface area contributed by atoms with Crippen molar-refractivity contribution in [1.29, 1.82) is 5.26 Å². The number of benzene rings is 1. The third-order valence-corrected chi connectivity index (χ3v) is 3.02. The molecule has 0 fully saturated rings. The molecule has 1 aromatic carbocycles. The molecule has 3 nitrogen and oxygen atoms in total. The smallest absolute Gasteiger partial charge is 0.254 e. The lowest BCUT2D eigenvalue weighted by Crippen LogP contribution is -2.35. The number of amides is 1. The van der Waals surface area contributed by atoms with Crippen LogP contribution in [0.1, 0.15) is 36.2 Å². The van der Waals surface area contributed by atoms with Crippen LogP contribution < -0.4 is 0 Å².